The van der Waals surface area contributed by atoms with E-state index in [1.165, 1.54) is 4.90 Å². The molecule has 0 saturated carbocycles. The van der Waals surface area contributed by atoms with Crippen molar-refractivity contribution in [3.63, 3.8) is 0 Å². The van der Waals surface area contributed by atoms with E-state index in [-0.39, 0.29) is 28.7 Å². The maximum Gasteiger partial charge on any atom is 0.247 e. The number of nitrogens with zero attached hydrogens (tertiary/aromatic N) is 2. The number of benzene rings is 1. The van der Waals surface area contributed by atoms with Gasteiger partial charge in [0.15, 0.2) is 5.78 Å². The highest BCUT2D eigenvalue weighted by atomic mass is 16.5. The van der Waals surface area contributed by atoms with Crippen molar-refractivity contribution in [3.05, 3.63) is 52.6 Å². The second-order valence-corrected chi connectivity index (χ2v) is 6.16. The molecule has 0 saturated heterocycles. The molecule has 1 aromatic rings. The van der Waals surface area contributed by atoms with Crippen LogP contribution >= 0.6 is 0 Å². The Morgan fingerprint density at radius 3 is 2.79 bits per heavy atom. The van der Waals surface area contributed by atoms with Crippen LogP contribution in [0, 0.1) is 11.3 Å². The van der Waals surface area contributed by atoms with E-state index in [9.17, 15) is 14.9 Å². The van der Waals surface area contributed by atoms with Crippen LogP contribution in [0.15, 0.2) is 47.1 Å². The fourth-order valence-corrected chi connectivity index (χ4v) is 4.01. The van der Waals surface area contributed by atoms with Gasteiger partial charge in [-0.2, -0.15) is 5.26 Å². The van der Waals surface area contributed by atoms with Gasteiger partial charge in [0.05, 0.1) is 5.57 Å². The minimum Gasteiger partial charge on any atom is -0.444 e. The van der Waals surface area contributed by atoms with Crippen LogP contribution in [-0.2, 0) is 19.7 Å². The molecule has 0 fully saturated rings. The minimum absolute atomic E-state index is 0.00157. The lowest BCUT2D eigenvalue weighted by molar-refractivity contribution is -0.124. The fraction of sp³-hybridized carbons (Fsp3) is 0.278. The molecule has 0 radical (unpaired) electrons. The number of fused-ring (bicyclic) bond motifs is 3. The third-order valence-electron chi connectivity index (χ3n) is 5.00. The Kier molecular flexibility index (Phi) is 2.85. The first kappa shape index (κ1) is 14.5. The topological polar surface area (TPSA) is 96.4 Å². The van der Waals surface area contributed by atoms with Crippen LogP contribution in [0.3, 0.4) is 0 Å². The van der Waals surface area contributed by atoms with E-state index in [0.29, 0.717) is 36.3 Å². The molecule has 3 aliphatic rings. The first-order valence-corrected chi connectivity index (χ1v) is 7.76. The Morgan fingerprint density at radius 2 is 2.04 bits per heavy atom. The normalized spacial score (nSPS) is 25.6. The van der Waals surface area contributed by atoms with Gasteiger partial charge in [0.1, 0.15) is 22.8 Å². The number of amides is 1. The van der Waals surface area contributed by atoms with Gasteiger partial charge in [-0.1, -0.05) is 18.2 Å². The molecule has 0 aromatic heterocycles. The largest absolute Gasteiger partial charge is 0.444 e. The van der Waals surface area contributed by atoms with Gasteiger partial charge in [0.25, 0.3) is 0 Å². The second kappa shape index (κ2) is 4.71. The SMILES string of the molecule is CN1C(=O)[C@]2(C(C#N)=C(N)OC3=C2C(=O)CCC3)c2ccccc21. The second-order valence-electron chi connectivity index (χ2n) is 6.16. The molecule has 0 unspecified atom stereocenters. The highest BCUT2D eigenvalue weighted by molar-refractivity contribution is 6.19. The number of Topliss-reactive ketones (excluding diaryl/α,β-unsaturated/α-hetero) is 1. The van der Waals surface area contributed by atoms with Crippen molar-refractivity contribution in [2.24, 2.45) is 5.73 Å². The summed E-state index contributed by atoms with van der Waals surface area (Å²) in [6.45, 7) is 0. The van der Waals surface area contributed by atoms with Crippen molar-refractivity contribution in [1.82, 2.24) is 0 Å². The summed E-state index contributed by atoms with van der Waals surface area (Å²) in [6, 6.07) is 9.22. The fourth-order valence-electron chi connectivity index (χ4n) is 4.01. The van der Waals surface area contributed by atoms with Crippen LogP contribution in [-0.4, -0.2) is 18.7 Å². The van der Waals surface area contributed by atoms with Crippen molar-refractivity contribution in [2.75, 3.05) is 11.9 Å². The van der Waals surface area contributed by atoms with E-state index >= 15 is 0 Å². The Balaban J connectivity index is 2.15. The van der Waals surface area contributed by atoms with Crippen molar-refractivity contribution in [3.8, 4) is 6.07 Å². The third-order valence-corrected chi connectivity index (χ3v) is 5.00. The first-order valence-electron chi connectivity index (χ1n) is 7.76. The average Bonchev–Trinajstić information content (AvgIpc) is 2.79. The van der Waals surface area contributed by atoms with Crippen LogP contribution in [0.1, 0.15) is 24.8 Å². The lowest BCUT2D eigenvalue weighted by Gasteiger charge is -2.37. The quantitative estimate of drug-likeness (QED) is 0.783. The van der Waals surface area contributed by atoms with Crippen LogP contribution in [0.5, 0.6) is 0 Å². The highest BCUT2D eigenvalue weighted by Crippen LogP contribution is 2.55. The molecular formula is C18H15N3O3. The van der Waals surface area contributed by atoms with Gasteiger partial charge in [-0.25, -0.2) is 0 Å². The molecule has 1 aromatic carbocycles. The molecular weight excluding hydrogens is 306 g/mol. The Labute approximate surface area is 138 Å². The minimum atomic E-state index is -1.48. The van der Waals surface area contributed by atoms with Crippen molar-refractivity contribution >= 4 is 17.4 Å². The number of allylic oxidation sites excluding steroid dienone is 1. The molecule has 4 rings (SSSR count). The molecule has 6 nitrogen and oxygen atoms in total. The van der Waals surface area contributed by atoms with E-state index in [4.69, 9.17) is 10.5 Å². The number of para-hydroxylation sites is 1. The predicted molar refractivity (Wildman–Crippen MR) is 85.3 cm³/mol. The van der Waals surface area contributed by atoms with E-state index in [0.717, 1.165) is 0 Å². The van der Waals surface area contributed by atoms with Gasteiger partial charge in [0.2, 0.25) is 11.8 Å². The molecule has 6 heteroatoms. The first-order chi connectivity index (χ1) is 11.5. The van der Waals surface area contributed by atoms with Crippen LogP contribution in [0.4, 0.5) is 5.69 Å². The molecule has 2 heterocycles. The summed E-state index contributed by atoms with van der Waals surface area (Å²) >= 11 is 0. The molecule has 0 bridgehead atoms. The number of hydrogen-bond acceptors (Lipinski definition) is 5. The molecule has 1 amide bonds. The summed E-state index contributed by atoms with van der Waals surface area (Å²) in [5.41, 5.74) is 6.07. The Hall–Kier alpha value is -3.07. The number of ether oxygens (including phenoxy) is 1. The van der Waals surface area contributed by atoms with E-state index in [1.807, 2.05) is 12.1 Å². The third kappa shape index (κ3) is 1.49. The van der Waals surface area contributed by atoms with E-state index in [2.05, 4.69) is 0 Å². The molecule has 24 heavy (non-hydrogen) atoms. The smallest absolute Gasteiger partial charge is 0.247 e. The highest BCUT2D eigenvalue weighted by Gasteiger charge is 2.61. The van der Waals surface area contributed by atoms with Gasteiger partial charge in [-0.3, -0.25) is 9.59 Å². The zero-order valence-electron chi connectivity index (χ0n) is 13.1. The monoisotopic (exact) mass is 321 g/mol. The maximum atomic E-state index is 13.3. The summed E-state index contributed by atoms with van der Waals surface area (Å²) in [7, 11) is 1.64. The summed E-state index contributed by atoms with van der Waals surface area (Å²) in [5.74, 6) is -0.171. The Bertz CT molecular complexity index is 906. The van der Waals surface area contributed by atoms with Crippen LogP contribution in [0.2, 0.25) is 0 Å². The van der Waals surface area contributed by atoms with E-state index in [1.54, 1.807) is 25.2 Å². The molecule has 2 N–H and O–H groups in total. The molecule has 1 atom stereocenters. The number of likely N-dealkylation sites (N-methyl/N-ethyl adjacent to an activating group) is 1. The summed E-state index contributed by atoms with van der Waals surface area (Å²) in [4.78, 5) is 27.5. The van der Waals surface area contributed by atoms with Crippen molar-refractivity contribution in [1.29, 1.82) is 5.26 Å². The Morgan fingerprint density at radius 1 is 1.29 bits per heavy atom. The number of nitriles is 1. The summed E-state index contributed by atoms with van der Waals surface area (Å²) in [5, 5.41) is 9.72. The molecule has 1 spiro atoms. The number of carbonyl (C=O) groups excluding carboxylic acids is 2. The number of nitrogens with two attached hydrogens (primary N) is 1. The van der Waals surface area contributed by atoms with Gasteiger partial charge in [0, 0.05) is 31.1 Å². The lowest BCUT2D eigenvalue weighted by atomic mass is 9.65. The number of anilines is 1. The van der Waals surface area contributed by atoms with Gasteiger partial charge >= 0.3 is 0 Å². The lowest BCUT2D eigenvalue weighted by Crippen LogP contribution is -2.48. The van der Waals surface area contributed by atoms with Crippen molar-refractivity contribution in [2.45, 2.75) is 24.7 Å². The van der Waals surface area contributed by atoms with Crippen LogP contribution < -0.4 is 10.6 Å². The summed E-state index contributed by atoms with van der Waals surface area (Å²) < 4.78 is 5.57. The number of carbonyl (C=O) groups is 2. The standard InChI is InChI=1S/C18H15N3O3/c1-21-12-6-3-2-5-10(12)18(17(21)23)11(9-19)16(20)24-14-8-4-7-13(22)15(14)18/h2-3,5-6H,4,7-8,20H2,1H3/t18-/m0/s1. The predicted octanol–water partition coefficient (Wildman–Crippen LogP) is 1.63. The van der Waals surface area contributed by atoms with Gasteiger partial charge < -0.3 is 15.4 Å². The maximum absolute atomic E-state index is 13.3. The number of rotatable bonds is 0. The zero-order chi connectivity index (χ0) is 17.1. The van der Waals surface area contributed by atoms with Crippen molar-refractivity contribution < 1.29 is 14.3 Å². The molecule has 120 valence electrons. The van der Waals surface area contributed by atoms with Gasteiger partial charge in [-0.05, 0) is 12.5 Å². The molecule has 2 aliphatic heterocycles. The van der Waals surface area contributed by atoms with E-state index < -0.39 is 5.41 Å². The number of hydrogen-bond donors (Lipinski definition) is 1. The summed E-state index contributed by atoms with van der Waals surface area (Å²) in [6.07, 6.45) is 1.51. The number of ketones is 1. The van der Waals surface area contributed by atoms with Crippen LogP contribution in [0.25, 0.3) is 0 Å². The zero-order valence-corrected chi connectivity index (χ0v) is 13.1. The van der Waals surface area contributed by atoms with Gasteiger partial charge in [-0.15, -0.1) is 0 Å². The molecule has 1 aliphatic carbocycles. The average molecular weight is 321 g/mol.